The SMILES string of the molecule is CNC(c1ccc(Br)c(C)c1)c1cnccc1C. The molecule has 0 amide bonds. The van der Waals surface area contributed by atoms with E-state index in [0.717, 1.165) is 4.47 Å². The zero-order chi connectivity index (χ0) is 13.1. The Morgan fingerprint density at radius 2 is 1.94 bits per heavy atom. The van der Waals surface area contributed by atoms with Crippen molar-refractivity contribution in [2.75, 3.05) is 7.05 Å². The van der Waals surface area contributed by atoms with Gasteiger partial charge >= 0.3 is 0 Å². The van der Waals surface area contributed by atoms with Crippen LogP contribution in [0.5, 0.6) is 0 Å². The third-order valence-electron chi connectivity index (χ3n) is 3.19. The van der Waals surface area contributed by atoms with Crippen molar-refractivity contribution in [3.8, 4) is 0 Å². The molecule has 0 bridgehead atoms. The Bertz CT molecular complexity index is 552. The molecule has 0 aliphatic carbocycles. The first kappa shape index (κ1) is 13.2. The molecule has 2 rings (SSSR count). The molecule has 1 N–H and O–H groups in total. The molecule has 0 saturated carbocycles. The second-order valence-electron chi connectivity index (χ2n) is 4.46. The largest absolute Gasteiger partial charge is 0.309 e. The Kier molecular flexibility index (Phi) is 4.15. The molecule has 0 saturated heterocycles. The monoisotopic (exact) mass is 304 g/mol. The normalized spacial score (nSPS) is 12.4. The van der Waals surface area contributed by atoms with Gasteiger partial charge in [0.1, 0.15) is 0 Å². The standard InChI is InChI=1S/C15H17BrN2/c1-10-6-7-18-9-13(10)15(17-3)12-4-5-14(16)11(2)8-12/h4-9,15,17H,1-3H3. The van der Waals surface area contributed by atoms with Gasteiger partial charge in [-0.05, 0) is 55.3 Å². The Morgan fingerprint density at radius 1 is 1.17 bits per heavy atom. The zero-order valence-corrected chi connectivity index (χ0v) is 12.5. The molecule has 1 atom stereocenters. The lowest BCUT2D eigenvalue weighted by atomic mass is 9.96. The van der Waals surface area contributed by atoms with Crippen LogP contribution in [0.4, 0.5) is 0 Å². The molecular weight excluding hydrogens is 288 g/mol. The van der Waals surface area contributed by atoms with E-state index in [2.05, 4.69) is 58.3 Å². The lowest BCUT2D eigenvalue weighted by Gasteiger charge is -2.19. The smallest absolute Gasteiger partial charge is 0.0592 e. The molecule has 18 heavy (non-hydrogen) atoms. The lowest BCUT2D eigenvalue weighted by Crippen LogP contribution is -2.19. The molecule has 0 radical (unpaired) electrons. The van der Waals surface area contributed by atoms with Crippen molar-refractivity contribution in [2.45, 2.75) is 19.9 Å². The molecular formula is C15H17BrN2. The molecule has 1 aromatic heterocycles. The summed E-state index contributed by atoms with van der Waals surface area (Å²) in [5.41, 5.74) is 4.98. The molecule has 0 aliphatic rings. The average Bonchev–Trinajstić information content (AvgIpc) is 2.37. The van der Waals surface area contributed by atoms with Crippen molar-refractivity contribution < 1.29 is 0 Å². The molecule has 1 heterocycles. The molecule has 1 unspecified atom stereocenters. The second kappa shape index (κ2) is 5.63. The van der Waals surface area contributed by atoms with Gasteiger partial charge in [0.2, 0.25) is 0 Å². The highest BCUT2D eigenvalue weighted by atomic mass is 79.9. The van der Waals surface area contributed by atoms with Gasteiger partial charge in [0.05, 0.1) is 6.04 Å². The third kappa shape index (κ3) is 2.62. The number of pyridine rings is 1. The maximum Gasteiger partial charge on any atom is 0.0592 e. The van der Waals surface area contributed by atoms with E-state index < -0.39 is 0 Å². The van der Waals surface area contributed by atoms with Crippen LogP contribution in [-0.2, 0) is 0 Å². The number of benzene rings is 1. The summed E-state index contributed by atoms with van der Waals surface area (Å²) < 4.78 is 1.14. The van der Waals surface area contributed by atoms with Crippen LogP contribution in [0.3, 0.4) is 0 Å². The van der Waals surface area contributed by atoms with Crippen LogP contribution >= 0.6 is 15.9 Å². The van der Waals surface area contributed by atoms with Gasteiger partial charge < -0.3 is 5.32 Å². The van der Waals surface area contributed by atoms with Crippen LogP contribution in [0.1, 0.15) is 28.3 Å². The number of nitrogens with zero attached hydrogens (tertiary/aromatic N) is 1. The van der Waals surface area contributed by atoms with E-state index >= 15 is 0 Å². The summed E-state index contributed by atoms with van der Waals surface area (Å²) >= 11 is 3.54. The fourth-order valence-corrected chi connectivity index (χ4v) is 2.37. The van der Waals surface area contributed by atoms with E-state index in [4.69, 9.17) is 0 Å². The van der Waals surface area contributed by atoms with Gasteiger partial charge in [0.15, 0.2) is 0 Å². The number of hydrogen-bond acceptors (Lipinski definition) is 2. The predicted octanol–water partition coefficient (Wildman–Crippen LogP) is 3.77. The maximum atomic E-state index is 4.23. The van der Waals surface area contributed by atoms with Crippen molar-refractivity contribution in [2.24, 2.45) is 0 Å². The van der Waals surface area contributed by atoms with Gasteiger partial charge in [-0.1, -0.05) is 28.1 Å². The van der Waals surface area contributed by atoms with Crippen molar-refractivity contribution in [1.82, 2.24) is 10.3 Å². The number of aromatic nitrogens is 1. The van der Waals surface area contributed by atoms with Crippen molar-refractivity contribution in [3.05, 3.63) is 63.4 Å². The fraction of sp³-hybridized carbons (Fsp3) is 0.267. The first-order chi connectivity index (χ1) is 8.63. The molecule has 0 aliphatic heterocycles. The van der Waals surface area contributed by atoms with Crippen LogP contribution in [0.15, 0.2) is 41.1 Å². The van der Waals surface area contributed by atoms with Crippen LogP contribution in [-0.4, -0.2) is 12.0 Å². The quantitative estimate of drug-likeness (QED) is 0.933. The van der Waals surface area contributed by atoms with Gasteiger partial charge in [-0.25, -0.2) is 0 Å². The maximum absolute atomic E-state index is 4.23. The first-order valence-electron chi connectivity index (χ1n) is 5.97. The van der Waals surface area contributed by atoms with Crippen molar-refractivity contribution in [3.63, 3.8) is 0 Å². The Balaban J connectivity index is 2.45. The predicted molar refractivity (Wildman–Crippen MR) is 78.8 cm³/mol. The Hall–Kier alpha value is -1.19. The van der Waals surface area contributed by atoms with Crippen molar-refractivity contribution in [1.29, 1.82) is 0 Å². The first-order valence-corrected chi connectivity index (χ1v) is 6.76. The summed E-state index contributed by atoms with van der Waals surface area (Å²) in [5.74, 6) is 0. The molecule has 94 valence electrons. The highest BCUT2D eigenvalue weighted by molar-refractivity contribution is 9.10. The van der Waals surface area contributed by atoms with E-state index in [1.165, 1.54) is 22.3 Å². The number of halogens is 1. The molecule has 0 spiro atoms. The van der Waals surface area contributed by atoms with Gasteiger partial charge in [0, 0.05) is 16.9 Å². The minimum atomic E-state index is 0.186. The Morgan fingerprint density at radius 3 is 2.56 bits per heavy atom. The van der Waals surface area contributed by atoms with Gasteiger partial charge in [-0.15, -0.1) is 0 Å². The summed E-state index contributed by atoms with van der Waals surface area (Å²) in [6, 6.07) is 8.68. The van der Waals surface area contributed by atoms with Gasteiger partial charge in [-0.3, -0.25) is 4.98 Å². The highest BCUT2D eigenvalue weighted by Crippen LogP contribution is 2.27. The molecule has 0 fully saturated rings. The lowest BCUT2D eigenvalue weighted by molar-refractivity contribution is 0.683. The minimum absolute atomic E-state index is 0.186. The summed E-state index contributed by atoms with van der Waals surface area (Å²) in [6.45, 7) is 4.23. The molecule has 2 aromatic rings. The fourth-order valence-electron chi connectivity index (χ4n) is 2.13. The number of rotatable bonds is 3. The third-order valence-corrected chi connectivity index (χ3v) is 4.08. The van der Waals surface area contributed by atoms with E-state index in [-0.39, 0.29) is 6.04 Å². The second-order valence-corrected chi connectivity index (χ2v) is 5.32. The van der Waals surface area contributed by atoms with Gasteiger partial charge in [0.25, 0.3) is 0 Å². The number of aryl methyl sites for hydroxylation is 2. The van der Waals surface area contributed by atoms with E-state index in [1.54, 1.807) is 0 Å². The summed E-state index contributed by atoms with van der Waals surface area (Å²) in [5, 5.41) is 3.37. The molecule has 3 heteroatoms. The number of hydrogen-bond donors (Lipinski definition) is 1. The van der Waals surface area contributed by atoms with Crippen LogP contribution in [0.25, 0.3) is 0 Å². The summed E-state index contributed by atoms with van der Waals surface area (Å²) in [4.78, 5) is 4.23. The zero-order valence-electron chi connectivity index (χ0n) is 10.9. The van der Waals surface area contributed by atoms with E-state index in [1.807, 2.05) is 25.5 Å². The summed E-state index contributed by atoms with van der Waals surface area (Å²) in [7, 11) is 1.98. The van der Waals surface area contributed by atoms with Crippen molar-refractivity contribution >= 4 is 15.9 Å². The number of nitrogens with one attached hydrogen (secondary N) is 1. The van der Waals surface area contributed by atoms with Crippen LogP contribution in [0.2, 0.25) is 0 Å². The summed E-state index contributed by atoms with van der Waals surface area (Å²) in [6.07, 6.45) is 3.77. The topological polar surface area (TPSA) is 24.9 Å². The van der Waals surface area contributed by atoms with Gasteiger partial charge in [-0.2, -0.15) is 0 Å². The van der Waals surface area contributed by atoms with E-state index in [9.17, 15) is 0 Å². The Labute approximate surface area is 117 Å². The average molecular weight is 305 g/mol. The highest BCUT2D eigenvalue weighted by Gasteiger charge is 2.14. The molecule has 1 aromatic carbocycles. The minimum Gasteiger partial charge on any atom is -0.309 e. The van der Waals surface area contributed by atoms with E-state index in [0.29, 0.717) is 0 Å². The molecule has 2 nitrogen and oxygen atoms in total. The van der Waals surface area contributed by atoms with Crippen LogP contribution < -0.4 is 5.32 Å². The van der Waals surface area contributed by atoms with Crippen LogP contribution in [0, 0.1) is 13.8 Å².